The summed E-state index contributed by atoms with van der Waals surface area (Å²) in [5.74, 6) is 1.43. The van der Waals surface area contributed by atoms with Gasteiger partial charge in [0.05, 0.1) is 5.92 Å². The zero-order valence-corrected chi connectivity index (χ0v) is 10.3. The Morgan fingerprint density at radius 1 is 1.65 bits per heavy atom. The van der Waals surface area contributed by atoms with E-state index in [1.165, 1.54) is 0 Å². The molecule has 0 aromatic carbocycles. The van der Waals surface area contributed by atoms with Crippen LogP contribution in [0.4, 0.5) is 0 Å². The van der Waals surface area contributed by atoms with Gasteiger partial charge in [0.25, 0.3) is 0 Å². The Hall–Kier alpha value is -1.43. The molecule has 1 aromatic rings. The van der Waals surface area contributed by atoms with Gasteiger partial charge in [0.2, 0.25) is 5.91 Å². The Kier molecular flexibility index (Phi) is 3.73. The molecule has 17 heavy (non-hydrogen) atoms. The fraction of sp³-hybridized carbons (Fsp3) is 0.727. The number of hydrogen-bond acceptors (Lipinski definition) is 4. The molecule has 1 aromatic heterocycles. The number of carbonyl (C=O) groups excluding carboxylic acids is 1. The van der Waals surface area contributed by atoms with Crippen LogP contribution >= 0.6 is 0 Å². The summed E-state index contributed by atoms with van der Waals surface area (Å²) in [5.41, 5.74) is 0. The minimum Gasteiger partial charge on any atom is -0.355 e. The van der Waals surface area contributed by atoms with Gasteiger partial charge in [-0.3, -0.25) is 9.48 Å². The van der Waals surface area contributed by atoms with Gasteiger partial charge in [-0.1, -0.05) is 6.92 Å². The number of aryl methyl sites for hydroxylation is 1. The minimum absolute atomic E-state index is 0.103. The zero-order valence-electron chi connectivity index (χ0n) is 10.3. The summed E-state index contributed by atoms with van der Waals surface area (Å²) in [6.07, 6.45) is 2.35. The molecule has 1 amide bonds. The molecule has 0 bridgehead atoms. The summed E-state index contributed by atoms with van der Waals surface area (Å²) >= 11 is 0. The Bertz CT molecular complexity index is 389. The lowest BCUT2D eigenvalue weighted by Gasteiger charge is -2.13. The van der Waals surface area contributed by atoms with Gasteiger partial charge in [-0.15, -0.1) is 0 Å². The van der Waals surface area contributed by atoms with Crippen LogP contribution in [0.2, 0.25) is 0 Å². The molecule has 0 aliphatic carbocycles. The highest BCUT2D eigenvalue weighted by Gasteiger charge is 2.29. The van der Waals surface area contributed by atoms with E-state index in [-0.39, 0.29) is 11.8 Å². The van der Waals surface area contributed by atoms with Gasteiger partial charge in [-0.05, 0) is 12.5 Å². The Balaban J connectivity index is 1.73. The zero-order chi connectivity index (χ0) is 12.3. The molecule has 6 nitrogen and oxygen atoms in total. The van der Waals surface area contributed by atoms with E-state index in [4.69, 9.17) is 0 Å². The van der Waals surface area contributed by atoms with Crippen LogP contribution in [0.25, 0.3) is 0 Å². The minimum atomic E-state index is 0.103. The van der Waals surface area contributed by atoms with E-state index in [0.717, 1.165) is 18.9 Å². The van der Waals surface area contributed by atoms with E-state index < -0.39 is 0 Å². The van der Waals surface area contributed by atoms with Gasteiger partial charge in [-0.2, -0.15) is 5.10 Å². The van der Waals surface area contributed by atoms with E-state index in [2.05, 4.69) is 27.6 Å². The molecule has 0 radical (unpaired) electrons. The maximum Gasteiger partial charge on any atom is 0.224 e. The average molecular weight is 237 g/mol. The molecule has 2 N–H and O–H groups in total. The van der Waals surface area contributed by atoms with Crippen molar-refractivity contribution in [1.29, 1.82) is 0 Å². The van der Waals surface area contributed by atoms with Crippen molar-refractivity contribution in [2.75, 3.05) is 19.6 Å². The quantitative estimate of drug-likeness (QED) is 0.728. The Labute approximate surface area is 101 Å². The van der Waals surface area contributed by atoms with Crippen LogP contribution in [-0.2, 0) is 18.3 Å². The van der Waals surface area contributed by atoms with Crippen molar-refractivity contribution in [2.45, 2.75) is 13.3 Å². The summed E-state index contributed by atoms with van der Waals surface area (Å²) in [4.78, 5) is 16.0. The number of carbonyl (C=O) groups is 1. The third-order valence-electron chi connectivity index (χ3n) is 3.15. The van der Waals surface area contributed by atoms with Gasteiger partial charge < -0.3 is 10.6 Å². The van der Waals surface area contributed by atoms with Crippen LogP contribution in [0, 0.1) is 11.8 Å². The molecule has 2 unspecified atom stereocenters. The number of nitrogens with one attached hydrogen (secondary N) is 2. The van der Waals surface area contributed by atoms with Crippen LogP contribution in [0.3, 0.4) is 0 Å². The van der Waals surface area contributed by atoms with E-state index in [9.17, 15) is 4.79 Å². The lowest BCUT2D eigenvalue weighted by Crippen LogP contribution is -2.35. The first kappa shape index (κ1) is 12.0. The number of hydrogen-bond donors (Lipinski definition) is 2. The molecular weight excluding hydrogens is 218 g/mol. The van der Waals surface area contributed by atoms with Crippen LogP contribution in [0.1, 0.15) is 12.7 Å². The van der Waals surface area contributed by atoms with Crippen LogP contribution in [0.15, 0.2) is 6.33 Å². The predicted octanol–water partition coefficient (Wildman–Crippen LogP) is -0.671. The van der Waals surface area contributed by atoms with Crippen molar-refractivity contribution in [3.05, 3.63) is 12.2 Å². The van der Waals surface area contributed by atoms with Crippen molar-refractivity contribution in [2.24, 2.45) is 18.9 Å². The highest BCUT2D eigenvalue weighted by atomic mass is 16.1. The Morgan fingerprint density at radius 2 is 2.47 bits per heavy atom. The van der Waals surface area contributed by atoms with Gasteiger partial charge in [-0.25, -0.2) is 4.98 Å². The summed E-state index contributed by atoms with van der Waals surface area (Å²) < 4.78 is 1.67. The first-order chi connectivity index (χ1) is 8.16. The monoisotopic (exact) mass is 237 g/mol. The molecule has 6 heteroatoms. The molecule has 1 aliphatic rings. The normalized spacial score (nSPS) is 23.9. The summed E-state index contributed by atoms with van der Waals surface area (Å²) in [6.45, 7) is 4.42. The summed E-state index contributed by atoms with van der Waals surface area (Å²) in [7, 11) is 1.83. The molecule has 1 fully saturated rings. The maximum atomic E-state index is 11.9. The summed E-state index contributed by atoms with van der Waals surface area (Å²) in [6, 6.07) is 0. The molecule has 94 valence electrons. The molecule has 2 heterocycles. The first-order valence-corrected chi connectivity index (χ1v) is 6.00. The number of rotatable bonds is 4. The van der Waals surface area contributed by atoms with Gasteiger partial charge in [0, 0.05) is 26.6 Å². The third-order valence-corrected chi connectivity index (χ3v) is 3.15. The molecule has 0 saturated carbocycles. The standard InChI is InChI=1S/C11H19N5O/c1-8-5-12-6-9(8)11(17)13-4-3-10-14-7-16(2)15-10/h7-9,12H,3-6H2,1-2H3,(H,13,17). The second-order valence-corrected chi connectivity index (χ2v) is 4.62. The molecular formula is C11H19N5O. The van der Waals surface area contributed by atoms with Gasteiger partial charge in [0.15, 0.2) is 5.82 Å². The SMILES string of the molecule is CC1CNCC1C(=O)NCCc1ncn(C)n1. The average Bonchev–Trinajstić information content (AvgIpc) is 2.87. The van der Waals surface area contributed by atoms with E-state index in [1.807, 2.05) is 7.05 Å². The highest BCUT2D eigenvalue weighted by Crippen LogP contribution is 2.15. The van der Waals surface area contributed by atoms with Crippen molar-refractivity contribution >= 4 is 5.91 Å². The van der Waals surface area contributed by atoms with Crippen molar-refractivity contribution in [1.82, 2.24) is 25.4 Å². The number of amides is 1. The maximum absolute atomic E-state index is 11.9. The van der Waals surface area contributed by atoms with E-state index in [0.29, 0.717) is 18.9 Å². The van der Waals surface area contributed by atoms with Crippen LogP contribution in [-0.4, -0.2) is 40.3 Å². The molecule has 1 aliphatic heterocycles. The van der Waals surface area contributed by atoms with Crippen molar-refractivity contribution in [3.63, 3.8) is 0 Å². The highest BCUT2D eigenvalue weighted by molar-refractivity contribution is 5.79. The smallest absolute Gasteiger partial charge is 0.224 e. The molecule has 2 atom stereocenters. The van der Waals surface area contributed by atoms with E-state index >= 15 is 0 Å². The second-order valence-electron chi connectivity index (χ2n) is 4.62. The lowest BCUT2D eigenvalue weighted by atomic mass is 9.97. The van der Waals surface area contributed by atoms with Gasteiger partial charge >= 0.3 is 0 Å². The topological polar surface area (TPSA) is 71.8 Å². The number of nitrogens with zero attached hydrogens (tertiary/aromatic N) is 3. The molecule has 0 spiro atoms. The fourth-order valence-electron chi connectivity index (χ4n) is 2.09. The van der Waals surface area contributed by atoms with Crippen LogP contribution < -0.4 is 10.6 Å². The second kappa shape index (κ2) is 5.27. The predicted molar refractivity (Wildman–Crippen MR) is 63.2 cm³/mol. The van der Waals surface area contributed by atoms with Crippen molar-refractivity contribution < 1.29 is 4.79 Å². The number of aromatic nitrogens is 3. The first-order valence-electron chi connectivity index (χ1n) is 6.00. The third kappa shape index (κ3) is 3.03. The van der Waals surface area contributed by atoms with E-state index in [1.54, 1.807) is 11.0 Å². The Morgan fingerprint density at radius 3 is 3.06 bits per heavy atom. The molecule has 1 saturated heterocycles. The van der Waals surface area contributed by atoms with Crippen LogP contribution in [0.5, 0.6) is 0 Å². The molecule has 2 rings (SSSR count). The fourth-order valence-corrected chi connectivity index (χ4v) is 2.09. The van der Waals surface area contributed by atoms with Crippen molar-refractivity contribution in [3.8, 4) is 0 Å². The summed E-state index contributed by atoms with van der Waals surface area (Å²) in [5, 5.41) is 10.3. The largest absolute Gasteiger partial charge is 0.355 e. The van der Waals surface area contributed by atoms with Gasteiger partial charge in [0.1, 0.15) is 6.33 Å². The lowest BCUT2D eigenvalue weighted by molar-refractivity contribution is -0.125.